The molecule has 0 aromatic carbocycles. The minimum Gasteiger partial charge on any atom is -0.335 e. The third kappa shape index (κ3) is 2.33. The van der Waals surface area contributed by atoms with Crippen LogP contribution in [0.25, 0.3) is 0 Å². The van der Waals surface area contributed by atoms with Crippen LogP contribution in [-0.4, -0.2) is 36.5 Å². The van der Waals surface area contributed by atoms with Crippen LogP contribution in [0.4, 0.5) is 0 Å². The predicted molar refractivity (Wildman–Crippen MR) is 85.9 cm³/mol. The Morgan fingerprint density at radius 2 is 2.14 bits per heavy atom. The van der Waals surface area contributed by atoms with Crippen molar-refractivity contribution in [3.63, 3.8) is 0 Å². The van der Waals surface area contributed by atoms with Crippen molar-refractivity contribution in [2.45, 2.75) is 45.1 Å². The zero-order valence-corrected chi connectivity index (χ0v) is 13.5. The summed E-state index contributed by atoms with van der Waals surface area (Å²) in [5.41, 5.74) is 1.45. The molecule has 1 aromatic heterocycles. The van der Waals surface area contributed by atoms with Crippen LogP contribution in [0, 0.1) is 11.8 Å². The molecule has 4 rings (SSSR count). The lowest BCUT2D eigenvalue weighted by atomic mass is 9.95. The van der Waals surface area contributed by atoms with Crippen LogP contribution in [-0.2, 0) is 12.8 Å². The van der Waals surface area contributed by atoms with E-state index in [-0.39, 0.29) is 5.91 Å². The lowest BCUT2D eigenvalue weighted by molar-refractivity contribution is 0.0733. The molecule has 3 aliphatic rings. The van der Waals surface area contributed by atoms with Gasteiger partial charge in [-0.25, -0.2) is 0 Å². The molecule has 2 fully saturated rings. The lowest BCUT2D eigenvalue weighted by Gasteiger charge is -2.23. The summed E-state index contributed by atoms with van der Waals surface area (Å²) in [6.45, 7) is 5.34. The van der Waals surface area contributed by atoms with Gasteiger partial charge in [0, 0.05) is 30.6 Å². The first-order valence-corrected chi connectivity index (χ1v) is 9.19. The average Bonchev–Trinajstić information content (AvgIpc) is 3.13. The molecule has 3 unspecified atom stereocenters. The van der Waals surface area contributed by atoms with E-state index >= 15 is 0 Å². The number of hydrogen-bond acceptors (Lipinski definition) is 3. The quantitative estimate of drug-likeness (QED) is 0.809. The van der Waals surface area contributed by atoms with Crippen LogP contribution in [0.1, 0.15) is 46.3 Å². The van der Waals surface area contributed by atoms with Gasteiger partial charge in [-0.2, -0.15) is 0 Å². The second-order valence-electron chi connectivity index (χ2n) is 6.90. The number of hydrogen-bond donors (Lipinski definition) is 1. The molecule has 1 aromatic rings. The summed E-state index contributed by atoms with van der Waals surface area (Å²) in [7, 11) is 0. The highest BCUT2D eigenvalue weighted by atomic mass is 32.1. The molecule has 114 valence electrons. The van der Waals surface area contributed by atoms with Crippen molar-refractivity contribution in [1.82, 2.24) is 10.2 Å². The van der Waals surface area contributed by atoms with Gasteiger partial charge >= 0.3 is 0 Å². The number of rotatable bonds is 1. The topological polar surface area (TPSA) is 32.3 Å². The Hall–Kier alpha value is -0.870. The standard InChI is InChI=1S/C17H24N2OS/c1-11-14-9-18-8-13(14)10-19(11)17(20)16-7-12-5-3-2-4-6-15(12)21-16/h7,11,13-14,18H,2-6,8-10H2,1H3. The molecule has 0 saturated carbocycles. The molecule has 21 heavy (non-hydrogen) atoms. The molecular formula is C17H24N2OS. The second kappa shape index (κ2) is 5.40. The van der Waals surface area contributed by atoms with E-state index < -0.39 is 0 Å². The molecule has 1 amide bonds. The first-order chi connectivity index (χ1) is 10.2. The maximum atomic E-state index is 12.9. The van der Waals surface area contributed by atoms with Crippen molar-refractivity contribution in [2.75, 3.05) is 19.6 Å². The zero-order chi connectivity index (χ0) is 14.4. The highest BCUT2D eigenvalue weighted by Gasteiger charge is 2.44. The number of carbonyl (C=O) groups excluding carboxylic acids is 1. The number of carbonyl (C=O) groups is 1. The minimum atomic E-state index is 0.287. The van der Waals surface area contributed by atoms with E-state index in [9.17, 15) is 4.79 Å². The molecule has 0 bridgehead atoms. The monoisotopic (exact) mass is 304 g/mol. The van der Waals surface area contributed by atoms with E-state index in [1.807, 2.05) is 0 Å². The molecule has 2 aliphatic heterocycles. The van der Waals surface area contributed by atoms with Gasteiger partial charge in [0.2, 0.25) is 0 Å². The Balaban J connectivity index is 1.55. The van der Waals surface area contributed by atoms with Crippen LogP contribution >= 0.6 is 11.3 Å². The Morgan fingerprint density at radius 3 is 3.00 bits per heavy atom. The molecule has 0 radical (unpaired) electrons. The fourth-order valence-corrected chi connectivity index (χ4v) is 5.56. The summed E-state index contributed by atoms with van der Waals surface area (Å²) in [6, 6.07) is 2.59. The van der Waals surface area contributed by atoms with Crippen molar-refractivity contribution in [3.05, 3.63) is 21.4 Å². The van der Waals surface area contributed by atoms with Gasteiger partial charge in [0.15, 0.2) is 0 Å². The van der Waals surface area contributed by atoms with Crippen molar-refractivity contribution < 1.29 is 4.79 Å². The van der Waals surface area contributed by atoms with E-state index in [1.54, 1.807) is 11.3 Å². The van der Waals surface area contributed by atoms with Crippen LogP contribution in [0.15, 0.2) is 6.07 Å². The van der Waals surface area contributed by atoms with Crippen molar-refractivity contribution >= 4 is 17.2 Å². The fourth-order valence-electron chi connectivity index (χ4n) is 4.35. The Labute approximate surface area is 130 Å². The molecule has 4 heteroatoms. The third-order valence-electron chi connectivity index (χ3n) is 5.65. The van der Waals surface area contributed by atoms with Gasteiger partial charge in [0.1, 0.15) is 0 Å². The fraction of sp³-hybridized carbons (Fsp3) is 0.706. The summed E-state index contributed by atoms with van der Waals surface area (Å²) < 4.78 is 0. The van der Waals surface area contributed by atoms with Gasteiger partial charge in [0.05, 0.1) is 4.88 Å². The number of aryl methyl sites for hydroxylation is 2. The highest BCUT2D eigenvalue weighted by molar-refractivity contribution is 7.14. The van der Waals surface area contributed by atoms with Crippen molar-refractivity contribution in [3.8, 4) is 0 Å². The van der Waals surface area contributed by atoms with Gasteiger partial charge < -0.3 is 10.2 Å². The third-order valence-corrected chi connectivity index (χ3v) is 6.88. The van der Waals surface area contributed by atoms with E-state index in [1.165, 1.54) is 42.5 Å². The minimum absolute atomic E-state index is 0.287. The Kier molecular flexibility index (Phi) is 3.54. The van der Waals surface area contributed by atoms with E-state index in [0.717, 1.165) is 24.5 Å². The van der Waals surface area contributed by atoms with Crippen LogP contribution < -0.4 is 5.32 Å². The lowest BCUT2D eigenvalue weighted by Crippen LogP contribution is -2.37. The van der Waals surface area contributed by atoms with Gasteiger partial charge in [-0.05, 0) is 56.1 Å². The number of thiophene rings is 1. The summed E-state index contributed by atoms with van der Waals surface area (Å²) in [4.78, 5) is 17.5. The molecule has 1 N–H and O–H groups in total. The molecule has 3 nitrogen and oxygen atoms in total. The number of likely N-dealkylation sites (tertiary alicyclic amines) is 1. The maximum absolute atomic E-state index is 12.9. The van der Waals surface area contributed by atoms with Crippen molar-refractivity contribution in [1.29, 1.82) is 0 Å². The highest BCUT2D eigenvalue weighted by Crippen LogP contribution is 2.35. The van der Waals surface area contributed by atoms with E-state index in [2.05, 4.69) is 23.2 Å². The first kappa shape index (κ1) is 13.8. The normalized spacial score (nSPS) is 31.9. The van der Waals surface area contributed by atoms with Crippen molar-refractivity contribution in [2.24, 2.45) is 11.8 Å². The van der Waals surface area contributed by atoms with Gasteiger partial charge in [-0.3, -0.25) is 4.79 Å². The van der Waals surface area contributed by atoms with E-state index in [0.29, 0.717) is 17.9 Å². The van der Waals surface area contributed by atoms with Gasteiger partial charge in [-0.1, -0.05) is 6.42 Å². The van der Waals surface area contributed by atoms with Gasteiger partial charge in [0.25, 0.3) is 5.91 Å². The first-order valence-electron chi connectivity index (χ1n) is 8.37. The SMILES string of the molecule is CC1C2CNCC2CN1C(=O)c1cc2c(s1)CCCCC2. The maximum Gasteiger partial charge on any atom is 0.264 e. The summed E-state index contributed by atoms with van der Waals surface area (Å²) in [5, 5.41) is 3.47. The molecule has 3 heterocycles. The zero-order valence-electron chi connectivity index (χ0n) is 12.7. The number of amides is 1. The smallest absolute Gasteiger partial charge is 0.264 e. The molecular weight excluding hydrogens is 280 g/mol. The predicted octanol–water partition coefficient (Wildman–Crippen LogP) is 2.70. The summed E-state index contributed by atoms with van der Waals surface area (Å²) in [5.74, 6) is 1.61. The number of nitrogens with one attached hydrogen (secondary N) is 1. The Bertz CT molecular complexity index is 529. The average molecular weight is 304 g/mol. The summed E-state index contributed by atoms with van der Waals surface area (Å²) >= 11 is 1.77. The molecule has 2 saturated heterocycles. The summed E-state index contributed by atoms with van der Waals surface area (Å²) in [6.07, 6.45) is 6.26. The second-order valence-corrected chi connectivity index (χ2v) is 8.04. The van der Waals surface area contributed by atoms with Crippen LogP contribution in [0.3, 0.4) is 0 Å². The molecule has 3 atom stereocenters. The molecule has 1 aliphatic carbocycles. The largest absolute Gasteiger partial charge is 0.335 e. The Morgan fingerprint density at radius 1 is 1.29 bits per heavy atom. The number of fused-ring (bicyclic) bond motifs is 2. The van der Waals surface area contributed by atoms with Crippen LogP contribution in [0.2, 0.25) is 0 Å². The molecule has 0 spiro atoms. The van der Waals surface area contributed by atoms with E-state index in [4.69, 9.17) is 0 Å². The number of nitrogens with zero attached hydrogens (tertiary/aromatic N) is 1. The van der Waals surface area contributed by atoms with Gasteiger partial charge in [-0.15, -0.1) is 11.3 Å². The van der Waals surface area contributed by atoms with Crippen LogP contribution in [0.5, 0.6) is 0 Å².